The van der Waals surface area contributed by atoms with Crippen molar-refractivity contribution < 1.29 is 9.53 Å². The molecule has 0 amide bonds. The number of aliphatic hydroxyl groups is 1. The van der Waals surface area contributed by atoms with Gasteiger partial charge in [-0.25, -0.2) is 0 Å². The monoisotopic (exact) mass is 346 g/mol. The molecule has 1 aliphatic rings. The highest BCUT2D eigenvalue weighted by atomic mass is 28.4. The van der Waals surface area contributed by atoms with Crippen LogP contribution in [0, 0.1) is 5.92 Å². The number of rotatable bonds is 2. The third-order valence-electron chi connectivity index (χ3n) is 5.74. The minimum atomic E-state index is -2.22. The Labute approximate surface area is 149 Å². The Morgan fingerprint density at radius 1 is 1.08 bits per heavy atom. The lowest BCUT2D eigenvalue weighted by Gasteiger charge is -2.58. The summed E-state index contributed by atoms with van der Waals surface area (Å²) in [5.74, 6) is 0.0917. The summed E-state index contributed by atoms with van der Waals surface area (Å²) in [6.07, 6.45) is -0.804. The van der Waals surface area contributed by atoms with Crippen molar-refractivity contribution in [1.29, 1.82) is 0 Å². The van der Waals surface area contributed by atoms with Crippen LogP contribution in [0.2, 0.25) is 16.1 Å². The molecular formula is C21H34O2Si. The molecule has 0 aliphatic carbocycles. The molecule has 0 radical (unpaired) electrons. The molecular weight excluding hydrogens is 312 g/mol. The molecule has 0 saturated carbocycles. The fourth-order valence-electron chi connectivity index (χ4n) is 4.44. The Balaban J connectivity index is 2.60. The first-order chi connectivity index (χ1) is 10.9. The van der Waals surface area contributed by atoms with Gasteiger partial charge in [-0.2, -0.15) is 0 Å². The van der Waals surface area contributed by atoms with Gasteiger partial charge in [0.05, 0.1) is 12.2 Å². The molecule has 1 aliphatic heterocycles. The van der Waals surface area contributed by atoms with Crippen LogP contribution in [0.15, 0.2) is 42.5 Å². The average molecular weight is 347 g/mol. The third kappa shape index (κ3) is 3.26. The molecule has 0 spiro atoms. The molecule has 1 N–H and O–H groups in total. The predicted molar refractivity (Wildman–Crippen MR) is 105 cm³/mol. The fraction of sp³-hybridized carbons (Fsp3) is 0.619. The molecule has 2 nitrogen and oxygen atoms in total. The Morgan fingerprint density at radius 2 is 1.58 bits per heavy atom. The van der Waals surface area contributed by atoms with Crippen LogP contribution in [0.4, 0.5) is 0 Å². The highest BCUT2D eigenvalue weighted by Crippen LogP contribution is 2.60. The normalized spacial score (nSPS) is 27.8. The van der Waals surface area contributed by atoms with Crippen LogP contribution in [0.1, 0.15) is 60.1 Å². The van der Waals surface area contributed by atoms with E-state index < -0.39 is 14.4 Å². The van der Waals surface area contributed by atoms with Crippen LogP contribution >= 0.6 is 0 Å². The van der Waals surface area contributed by atoms with Crippen molar-refractivity contribution in [2.75, 3.05) is 0 Å². The van der Waals surface area contributed by atoms with Crippen molar-refractivity contribution >= 4 is 8.32 Å². The summed E-state index contributed by atoms with van der Waals surface area (Å²) < 4.78 is 6.93. The van der Waals surface area contributed by atoms with Gasteiger partial charge in [-0.1, -0.05) is 84.0 Å². The van der Waals surface area contributed by atoms with E-state index >= 15 is 0 Å². The first-order valence-corrected chi connectivity index (χ1v) is 11.1. The van der Waals surface area contributed by atoms with Crippen molar-refractivity contribution in [3.8, 4) is 0 Å². The molecule has 1 aromatic carbocycles. The zero-order valence-corrected chi connectivity index (χ0v) is 17.4. The van der Waals surface area contributed by atoms with Gasteiger partial charge in [0.1, 0.15) is 0 Å². The highest BCUT2D eigenvalue weighted by Gasteiger charge is 2.61. The van der Waals surface area contributed by atoms with E-state index in [9.17, 15) is 5.11 Å². The quantitative estimate of drug-likeness (QED) is 0.537. The first kappa shape index (κ1) is 19.4. The Hall–Kier alpha value is -0.903. The van der Waals surface area contributed by atoms with E-state index in [-0.39, 0.29) is 22.1 Å². The van der Waals surface area contributed by atoms with E-state index in [0.717, 1.165) is 17.2 Å². The molecule has 24 heavy (non-hydrogen) atoms. The van der Waals surface area contributed by atoms with Gasteiger partial charge in [-0.3, -0.25) is 0 Å². The van der Waals surface area contributed by atoms with E-state index in [1.807, 2.05) is 25.1 Å². The van der Waals surface area contributed by atoms with E-state index in [1.54, 1.807) is 0 Å². The van der Waals surface area contributed by atoms with Gasteiger partial charge < -0.3 is 9.53 Å². The van der Waals surface area contributed by atoms with Gasteiger partial charge >= 0.3 is 0 Å². The molecule has 3 heteroatoms. The minimum absolute atomic E-state index is 0.0755. The summed E-state index contributed by atoms with van der Waals surface area (Å²) in [5, 5.41) is 11.2. The molecule has 1 aromatic rings. The maximum absolute atomic E-state index is 11.1. The highest BCUT2D eigenvalue weighted by molar-refractivity contribution is 6.79. The van der Waals surface area contributed by atoms with Crippen molar-refractivity contribution in [1.82, 2.24) is 0 Å². The summed E-state index contributed by atoms with van der Waals surface area (Å²) in [6, 6.07) is 11.1. The lowest BCUT2D eigenvalue weighted by Crippen LogP contribution is -2.61. The molecule has 0 bridgehead atoms. The zero-order valence-electron chi connectivity index (χ0n) is 16.4. The summed E-state index contributed by atoms with van der Waals surface area (Å²) >= 11 is 0. The van der Waals surface area contributed by atoms with Crippen molar-refractivity contribution in [2.24, 2.45) is 5.92 Å². The fourth-order valence-corrected chi connectivity index (χ4v) is 10.6. The number of hydrogen-bond donors (Lipinski definition) is 1. The van der Waals surface area contributed by atoms with Crippen molar-refractivity contribution in [2.45, 2.75) is 76.8 Å². The van der Waals surface area contributed by atoms with Gasteiger partial charge in [0, 0.05) is 5.92 Å². The predicted octanol–water partition coefficient (Wildman–Crippen LogP) is 5.86. The topological polar surface area (TPSA) is 29.5 Å². The lowest BCUT2D eigenvalue weighted by atomic mass is 9.90. The Morgan fingerprint density at radius 3 is 2.00 bits per heavy atom. The van der Waals surface area contributed by atoms with E-state index in [4.69, 9.17) is 4.43 Å². The largest absolute Gasteiger partial charge is 0.406 e. The van der Waals surface area contributed by atoms with Crippen molar-refractivity contribution in [3.63, 3.8) is 0 Å². The number of aliphatic hydroxyl groups excluding tert-OH is 1. The number of hydrogen-bond acceptors (Lipinski definition) is 2. The van der Waals surface area contributed by atoms with Gasteiger partial charge in [0.25, 0.3) is 0 Å². The summed E-state index contributed by atoms with van der Waals surface area (Å²) in [5.41, 5.74) is 2.14. The van der Waals surface area contributed by atoms with Crippen LogP contribution < -0.4 is 0 Å². The molecule has 134 valence electrons. The SMILES string of the molecule is C=C(C)[C@H]1C[Si](C(C)(C)C)(C(C)(C)C)O[C@@H](c2ccccc2)[C@@H]1O. The molecule has 1 fully saturated rings. The summed E-state index contributed by atoms with van der Waals surface area (Å²) in [6.45, 7) is 20.1. The van der Waals surface area contributed by atoms with E-state index in [2.05, 4.69) is 60.3 Å². The van der Waals surface area contributed by atoms with E-state index in [1.165, 1.54) is 0 Å². The van der Waals surface area contributed by atoms with Crippen LogP contribution in [-0.4, -0.2) is 19.5 Å². The molecule has 2 rings (SSSR count). The maximum atomic E-state index is 11.1. The van der Waals surface area contributed by atoms with Crippen LogP contribution in [0.25, 0.3) is 0 Å². The summed E-state index contributed by atoms with van der Waals surface area (Å²) in [7, 11) is -2.22. The van der Waals surface area contributed by atoms with E-state index in [0.29, 0.717) is 0 Å². The second-order valence-electron chi connectivity index (χ2n) is 9.42. The molecule has 1 heterocycles. The van der Waals surface area contributed by atoms with Gasteiger partial charge in [0.15, 0.2) is 0 Å². The third-order valence-corrected chi connectivity index (χ3v) is 12.3. The zero-order chi connectivity index (χ0) is 18.3. The second kappa shape index (κ2) is 6.43. The molecule has 1 saturated heterocycles. The van der Waals surface area contributed by atoms with Gasteiger partial charge in [0.2, 0.25) is 8.32 Å². The van der Waals surface area contributed by atoms with Crippen molar-refractivity contribution in [3.05, 3.63) is 48.0 Å². The van der Waals surface area contributed by atoms with Gasteiger partial charge in [-0.05, 0) is 28.6 Å². The molecule has 0 unspecified atom stereocenters. The van der Waals surface area contributed by atoms with Crippen LogP contribution in [0.3, 0.4) is 0 Å². The van der Waals surface area contributed by atoms with Gasteiger partial charge in [-0.15, -0.1) is 0 Å². The summed E-state index contributed by atoms with van der Waals surface area (Å²) in [4.78, 5) is 0. The average Bonchev–Trinajstić information content (AvgIpc) is 2.45. The molecule has 3 atom stereocenters. The number of benzene rings is 1. The Bertz CT molecular complexity index is 566. The Kier molecular flexibility index (Phi) is 5.21. The molecule has 0 aromatic heterocycles. The maximum Gasteiger partial charge on any atom is 0.205 e. The van der Waals surface area contributed by atoms with Crippen LogP contribution in [-0.2, 0) is 4.43 Å². The standard InChI is InChI=1S/C21H34O2Si/c1-15(2)17-14-24(20(3,4)5,21(6,7)8)23-19(18(17)22)16-12-10-9-11-13-16/h9-13,17-19,22H,1,14H2,2-8H3/t17-,18-,19+/m1/s1. The lowest BCUT2D eigenvalue weighted by molar-refractivity contribution is -0.0249. The smallest absolute Gasteiger partial charge is 0.205 e. The second-order valence-corrected chi connectivity index (χ2v) is 14.7. The minimum Gasteiger partial charge on any atom is -0.406 e. The first-order valence-electron chi connectivity index (χ1n) is 8.97. The van der Waals surface area contributed by atoms with Crippen LogP contribution in [0.5, 0.6) is 0 Å².